The van der Waals surface area contributed by atoms with Gasteiger partial charge in [0.1, 0.15) is 12.4 Å². The van der Waals surface area contributed by atoms with Gasteiger partial charge >= 0.3 is 0 Å². The molecule has 1 aromatic carbocycles. The molecule has 1 heterocycles. The molecule has 1 nitrogen and oxygen atoms in total. The van der Waals surface area contributed by atoms with Crippen LogP contribution in [0.4, 0.5) is 4.39 Å². The number of hydrogen-bond acceptors (Lipinski definition) is 2. The first-order valence-corrected chi connectivity index (χ1v) is 11.7. The molecule has 2 aliphatic carbocycles. The van der Waals surface area contributed by atoms with E-state index in [1.54, 1.807) is 17.4 Å². The normalized spacial score (nSPS) is 23.2. The fourth-order valence-electron chi connectivity index (χ4n) is 4.64. The van der Waals surface area contributed by atoms with E-state index in [4.69, 9.17) is 4.74 Å². The second-order valence-corrected chi connectivity index (χ2v) is 9.52. The third kappa shape index (κ3) is 4.35. The number of thiophene rings is 1. The number of hydrogen-bond donors (Lipinski definition) is 0. The van der Waals surface area contributed by atoms with E-state index >= 15 is 0 Å². The summed E-state index contributed by atoms with van der Waals surface area (Å²) in [5, 5.41) is 1.28. The van der Waals surface area contributed by atoms with Gasteiger partial charge in [-0.05, 0) is 79.5 Å². The Hall–Kier alpha value is -1.61. The molecular formula is C25H31FOS. The highest BCUT2D eigenvalue weighted by Crippen LogP contribution is 2.39. The Kier molecular flexibility index (Phi) is 6.20. The van der Waals surface area contributed by atoms with Crippen molar-refractivity contribution >= 4 is 21.4 Å². The van der Waals surface area contributed by atoms with Gasteiger partial charge in [0, 0.05) is 16.0 Å². The summed E-state index contributed by atoms with van der Waals surface area (Å²) in [6, 6.07) is 9.16. The van der Waals surface area contributed by atoms with Gasteiger partial charge in [-0.15, -0.1) is 11.3 Å². The number of benzene rings is 1. The van der Waals surface area contributed by atoms with Crippen LogP contribution in [-0.4, -0.2) is 0 Å². The summed E-state index contributed by atoms with van der Waals surface area (Å²) in [5.74, 6) is 1.98. The van der Waals surface area contributed by atoms with Crippen molar-refractivity contribution in [2.75, 3.05) is 0 Å². The van der Waals surface area contributed by atoms with E-state index < -0.39 is 0 Å². The van der Waals surface area contributed by atoms with Crippen LogP contribution in [0.15, 0.2) is 47.5 Å². The topological polar surface area (TPSA) is 9.23 Å². The van der Waals surface area contributed by atoms with E-state index in [9.17, 15) is 4.39 Å². The van der Waals surface area contributed by atoms with E-state index in [-0.39, 0.29) is 5.83 Å². The minimum atomic E-state index is -0.186. The van der Waals surface area contributed by atoms with Crippen LogP contribution in [0.25, 0.3) is 10.1 Å². The van der Waals surface area contributed by atoms with Gasteiger partial charge in [0.25, 0.3) is 0 Å². The molecule has 150 valence electrons. The Bertz CT molecular complexity index is 883. The molecule has 0 unspecified atom stereocenters. The lowest BCUT2D eigenvalue weighted by Gasteiger charge is -2.28. The zero-order valence-electron chi connectivity index (χ0n) is 17.1. The third-order valence-electron chi connectivity index (χ3n) is 6.60. The van der Waals surface area contributed by atoms with Gasteiger partial charge in [0.2, 0.25) is 0 Å². The maximum atomic E-state index is 14.2. The Morgan fingerprint density at radius 3 is 2.61 bits per heavy atom. The lowest BCUT2D eigenvalue weighted by molar-refractivity contribution is 0.180. The van der Waals surface area contributed by atoms with Crippen LogP contribution >= 0.6 is 11.3 Å². The number of allylic oxidation sites excluding steroid dienone is 4. The Morgan fingerprint density at radius 1 is 1.07 bits per heavy atom. The average molecular weight is 399 g/mol. The van der Waals surface area contributed by atoms with Gasteiger partial charge in [-0.1, -0.05) is 38.0 Å². The van der Waals surface area contributed by atoms with Crippen molar-refractivity contribution in [3.8, 4) is 0 Å². The van der Waals surface area contributed by atoms with Gasteiger partial charge in [-0.25, -0.2) is 4.39 Å². The Balaban J connectivity index is 1.43. The summed E-state index contributed by atoms with van der Waals surface area (Å²) in [7, 11) is 0. The van der Waals surface area contributed by atoms with E-state index in [1.807, 2.05) is 0 Å². The molecule has 2 aliphatic rings. The molecule has 1 aromatic heterocycles. The SMILES string of the molecule is CCC1=CC(F)=C(OCc2cc3ccc(C4CCC(CC)CC4)cc3s2)CC1. The van der Waals surface area contributed by atoms with Crippen molar-refractivity contribution in [1.82, 2.24) is 0 Å². The van der Waals surface area contributed by atoms with Gasteiger partial charge < -0.3 is 4.74 Å². The predicted molar refractivity (Wildman–Crippen MR) is 117 cm³/mol. The maximum absolute atomic E-state index is 14.2. The van der Waals surface area contributed by atoms with Crippen molar-refractivity contribution in [3.05, 3.63) is 57.9 Å². The zero-order valence-corrected chi connectivity index (χ0v) is 17.9. The molecule has 0 saturated heterocycles. The van der Waals surface area contributed by atoms with Crippen LogP contribution in [0.5, 0.6) is 0 Å². The lowest BCUT2D eigenvalue weighted by Crippen LogP contribution is -2.12. The second kappa shape index (κ2) is 8.82. The third-order valence-corrected chi connectivity index (χ3v) is 7.68. The summed E-state index contributed by atoms with van der Waals surface area (Å²) in [6.45, 7) is 4.86. The van der Waals surface area contributed by atoms with Crippen LogP contribution in [0.2, 0.25) is 0 Å². The molecule has 0 aliphatic heterocycles. The summed E-state index contributed by atoms with van der Waals surface area (Å²) < 4.78 is 21.4. The molecule has 0 atom stereocenters. The number of ether oxygens (including phenoxy) is 1. The van der Waals surface area contributed by atoms with Crippen LogP contribution in [0, 0.1) is 5.92 Å². The standard InChI is InChI=1S/C25H31FOS/c1-3-17-5-8-19(9-6-17)20-10-11-21-14-22(28-25(21)15-20)16-27-24-12-7-18(4-2)13-23(24)26/h10-11,13-15,17,19H,3-9,12,16H2,1-2H3. The molecule has 0 bridgehead atoms. The smallest absolute Gasteiger partial charge is 0.160 e. The monoisotopic (exact) mass is 398 g/mol. The highest BCUT2D eigenvalue weighted by molar-refractivity contribution is 7.19. The highest BCUT2D eigenvalue weighted by Gasteiger charge is 2.21. The van der Waals surface area contributed by atoms with E-state index in [1.165, 1.54) is 58.2 Å². The predicted octanol–water partition coefficient (Wildman–Crippen LogP) is 8.41. The first-order chi connectivity index (χ1) is 13.7. The number of halogens is 1. The first-order valence-electron chi connectivity index (χ1n) is 10.9. The molecular weight excluding hydrogens is 367 g/mol. The van der Waals surface area contributed by atoms with Crippen LogP contribution < -0.4 is 0 Å². The maximum Gasteiger partial charge on any atom is 0.160 e. The van der Waals surface area contributed by atoms with Gasteiger partial charge in [0.05, 0.1) is 0 Å². The van der Waals surface area contributed by atoms with Gasteiger partial charge in [-0.2, -0.15) is 0 Å². The summed E-state index contributed by atoms with van der Waals surface area (Å²) in [5.41, 5.74) is 2.67. The Labute approximate surface area is 172 Å². The van der Waals surface area contributed by atoms with Crippen molar-refractivity contribution < 1.29 is 9.13 Å². The van der Waals surface area contributed by atoms with Crippen LogP contribution in [0.3, 0.4) is 0 Å². The van der Waals surface area contributed by atoms with Gasteiger partial charge in [0.15, 0.2) is 5.83 Å². The zero-order chi connectivity index (χ0) is 19.5. The van der Waals surface area contributed by atoms with Crippen molar-refractivity contribution in [2.24, 2.45) is 5.92 Å². The number of rotatable bonds is 6. The first kappa shape index (κ1) is 19.7. The molecule has 1 saturated carbocycles. The lowest BCUT2D eigenvalue weighted by atomic mass is 9.78. The fraction of sp³-hybridized carbons (Fsp3) is 0.520. The van der Waals surface area contributed by atoms with E-state index in [0.717, 1.165) is 24.7 Å². The molecule has 0 spiro atoms. The number of fused-ring (bicyclic) bond motifs is 1. The summed E-state index contributed by atoms with van der Waals surface area (Å²) in [4.78, 5) is 1.17. The molecule has 0 N–H and O–H groups in total. The second-order valence-electron chi connectivity index (χ2n) is 8.35. The van der Waals surface area contributed by atoms with Gasteiger partial charge in [-0.3, -0.25) is 0 Å². The highest BCUT2D eigenvalue weighted by atomic mass is 32.1. The summed E-state index contributed by atoms with van der Waals surface area (Å²) >= 11 is 1.79. The molecule has 2 aromatic rings. The minimum absolute atomic E-state index is 0.186. The molecule has 0 radical (unpaired) electrons. The van der Waals surface area contributed by atoms with Crippen molar-refractivity contribution in [1.29, 1.82) is 0 Å². The van der Waals surface area contributed by atoms with E-state index in [0.29, 0.717) is 18.8 Å². The van der Waals surface area contributed by atoms with Crippen LogP contribution in [-0.2, 0) is 11.3 Å². The summed E-state index contributed by atoms with van der Waals surface area (Å²) in [6.07, 6.45) is 10.9. The van der Waals surface area contributed by atoms with Crippen molar-refractivity contribution in [3.63, 3.8) is 0 Å². The quantitative estimate of drug-likeness (QED) is 0.474. The fourth-order valence-corrected chi connectivity index (χ4v) is 5.66. The molecule has 0 amide bonds. The largest absolute Gasteiger partial charge is 0.489 e. The van der Waals surface area contributed by atoms with Crippen LogP contribution in [0.1, 0.15) is 81.6 Å². The Morgan fingerprint density at radius 2 is 1.89 bits per heavy atom. The minimum Gasteiger partial charge on any atom is -0.489 e. The molecule has 3 heteroatoms. The molecule has 4 rings (SSSR count). The van der Waals surface area contributed by atoms with E-state index in [2.05, 4.69) is 38.1 Å². The average Bonchev–Trinajstić information content (AvgIpc) is 3.15. The molecule has 1 fully saturated rings. The molecule has 28 heavy (non-hydrogen) atoms. The van der Waals surface area contributed by atoms with Crippen molar-refractivity contribution in [2.45, 2.75) is 77.7 Å².